The Bertz CT molecular complexity index is 1170. The zero-order chi connectivity index (χ0) is 22.9. The number of carbonyl (C=O) groups is 1. The highest BCUT2D eigenvalue weighted by Gasteiger charge is 2.27. The highest BCUT2D eigenvalue weighted by Crippen LogP contribution is 2.31. The molecule has 5 rings (SSSR count). The SMILES string of the molecule is CC(=O)N1CCc2nc(N3CCN(Cc4cccc(F)c4)CC3)c(-c3cnn(C)c3)nc2C1. The van der Waals surface area contributed by atoms with Gasteiger partial charge in [0.1, 0.15) is 11.5 Å². The van der Waals surface area contributed by atoms with Crippen molar-refractivity contribution in [2.75, 3.05) is 37.6 Å². The number of fused-ring (bicyclic) bond motifs is 1. The molecule has 2 aliphatic heterocycles. The first-order valence-corrected chi connectivity index (χ1v) is 11.3. The number of nitrogens with zero attached hydrogens (tertiary/aromatic N) is 7. The summed E-state index contributed by atoms with van der Waals surface area (Å²) in [5.74, 6) is 0.743. The van der Waals surface area contributed by atoms with E-state index in [1.165, 1.54) is 6.07 Å². The molecule has 2 aromatic heterocycles. The molecule has 0 radical (unpaired) electrons. The zero-order valence-corrected chi connectivity index (χ0v) is 19.0. The maximum Gasteiger partial charge on any atom is 0.219 e. The first-order valence-electron chi connectivity index (χ1n) is 11.3. The molecule has 1 aromatic carbocycles. The molecular formula is C24H28FN7O. The summed E-state index contributed by atoms with van der Waals surface area (Å²) in [6.07, 6.45) is 4.47. The second-order valence-electron chi connectivity index (χ2n) is 8.78. The van der Waals surface area contributed by atoms with Crippen molar-refractivity contribution < 1.29 is 9.18 Å². The fourth-order valence-corrected chi connectivity index (χ4v) is 4.56. The number of hydrogen-bond acceptors (Lipinski definition) is 6. The minimum Gasteiger partial charge on any atom is -0.352 e. The van der Waals surface area contributed by atoms with Crippen LogP contribution in [0.4, 0.5) is 10.2 Å². The first-order chi connectivity index (χ1) is 16.0. The van der Waals surface area contributed by atoms with Crippen molar-refractivity contribution in [3.8, 4) is 11.3 Å². The normalized spacial score (nSPS) is 16.7. The quantitative estimate of drug-likeness (QED) is 0.609. The third-order valence-electron chi connectivity index (χ3n) is 6.38. The van der Waals surface area contributed by atoms with Crippen LogP contribution < -0.4 is 4.90 Å². The number of piperazine rings is 1. The molecule has 2 aliphatic rings. The molecule has 1 fully saturated rings. The van der Waals surface area contributed by atoms with E-state index in [-0.39, 0.29) is 11.7 Å². The maximum absolute atomic E-state index is 13.5. The topological polar surface area (TPSA) is 70.4 Å². The van der Waals surface area contributed by atoms with E-state index in [0.29, 0.717) is 19.5 Å². The van der Waals surface area contributed by atoms with Gasteiger partial charge in [-0.3, -0.25) is 14.4 Å². The van der Waals surface area contributed by atoms with Crippen LogP contribution in [0.1, 0.15) is 23.9 Å². The predicted molar refractivity (Wildman–Crippen MR) is 123 cm³/mol. The summed E-state index contributed by atoms with van der Waals surface area (Å²) in [7, 11) is 1.89. The van der Waals surface area contributed by atoms with E-state index in [0.717, 1.165) is 66.8 Å². The van der Waals surface area contributed by atoms with Crippen molar-refractivity contribution >= 4 is 11.7 Å². The number of halogens is 1. The van der Waals surface area contributed by atoms with Crippen LogP contribution in [0.2, 0.25) is 0 Å². The molecule has 0 aliphatic carbocycles. The smallest absolute Gasteiger partial charge is 0.219 e. The largest absolute Gasteiger partial charge is 0.352 e. The van der Waals surface area contributed by atoms with Gasteiger partial charge in [0.05, 0.1) is 24.1 Å². The lowest BCUT2D eigenvalue weighted by Crippen LogP contribution is -2.46. The van der Waals surface area contributed by atoms with Gasteiger partial charge in [-0.05, 0) is 17.7 Å². The third-order valence-corrected chi connectivity index (χ3v) is 6.38. The summed E-state index contributed by atoms with van der Waals surface area (Å²) in [5, 5.41) is 4.33. The van der Waals surface area contributed by atoms with Gasteiger partial charge in [0.2, 0.25) is 5.91 Å². The highest BCUT2D eigenvalue weighted by molar-refractivity contribution is 5.74. The van der Waals surface area contributed by atoms with Crippen molar-refractivity contribution in [1.82, 2.24) is 29.5 Å². The average Bonchev–Trinajstić information content (AvgIpc) is 3.24. The Hall–Kier alpha value is -3.33. The number of carbonyl (C=O) groups excluding carboxylic acids is 1. The Balaban J connectivity index is 1.39. The minimum atomic E-state index is -0.195. The van der Waals surface area contributed by atoms with Crippen LogP contribution in [0.25, 0.3) is 11.3 Å². The van der Waals surface area contributed by atoms with E-state index in [9.17, 15) is 9.18 Å². The molecule has 0 atom stereocenters. The standard InChI is InChI=1S/C24H28FN7O/c1-17(33)32-7-6-21-22(16-32)27-23(19-13-26-29(2)15-19)24(28-21)31-10-8-30(9-11-31)14-18-4-3-5-20(25)12-18/h3-5,12-13,15H,6-11,14,16H2,1-2H3. The third kappa shape index (κ3) is 4.59. The number of anilines is 1. The van der Waals surface area contributed by atoms with E-state index in [4.69, 9.17) is 9.97 Å². The summed E-state index contributed by atoms with van der Waals surface area (Å²) in [6.45, 7) is 6.84. The predicted octanol–water partition coefficient (Wildman–Crippen LogP) is 2.24. The average molecular weight is 450 g/mol. The zero-order valence-electron chi connectivity index (χ0n) is 19.0. The number of benzene rings is 1. The van der Waals surface area contributed by atoms with Crippen LogP contribution in [0.15, 0.2) is 36.7 Å². The van der Waals surface area contributed by atoms with Crippen LogP contribution in [0, 0.1) is 5.82 Å². The van der Waals surface area contributed by atoms with Gasteiger partial charge in [-0.2, -0.15) is 5.10 Å². The molecule has 0 bridgehead atoms. The molecule has 1 amide bonds. The van der Waals surface area contributed by atoms with Gasteiger partial charge in [0, 0.05) is 71.4 Å². The summed E-state index contributed by atoms with van der Waals surface area (Å²) in [6, 6.07) is 6.81. The molecule has 0 N–H and O–H groups in total. The minimum absolute atomic E-state index is 0.0591. The van der Waals surface area contributed by atoms with Crippen molar-refractivity contribution in [2.24, 2.45) is 7.05 Å². The lowest BCUT2D eigenvalue weighted by atomic mass is 10.1. The number of aromatic nitrogens is 4. The van der Waals surface area contributed by atoms with Crippen LogP contribution in [0.3, 0.4) is 0 Å². The molecule has 0 unspecified atom stereocenters. The lowest BCUT2D eigenvalue weighted by molar-refractivity contribution is -0.129. The summed E-state index contributed by atoms with van der Waals surface area (Å²) in [4.78, 5) is 28.4. The van der Waals surface area contributed by atoms with Crippen molar-refractivity contribution in [3.05, 3.63) is 59.4 Å². The molecule has 172 valence electrons. The van der Waals surface area contributed by atoms with Crippen molar-refractivity contribution in [3.63, 3.8) is 0 Å². The number of aryl methyl sites for hydroxylation is 1. The molecule has 0 spiro atoms. The molecule has 0 saturated carbocycles. The Morgan fingerprint density at radius 1 is 1.09 bits per heavy atom. The van der Waals surface area contributed by atoms with E-state index in [1.54, 1.807) is 23.7 Å². The number of rotatable bonds is 4. The highest BCUT2D eigenvalue weighted by atomic mass is 19.1. The van der Waals surface area contributed by atoms with Gasteiger partial charge in [0.25, 0.3) is 0 Å². The fourth-order valence-electron chi connectivity index (χ4n) is 4.56. The number of amides is 1. The molecular weight excluding hydrogens is 421 g/mol. The monoisotopic (exact) mass is 449 g/mol. The second kappa shape index (κ2) is 8.90. The number of hydrogen-bond donors (Lipinski definition) is 0. The van der Waals surface area contributed by atoms with E-state index in [2.05, 4.69) is 14.9 Å². The van der Waals surface area contributed by atoms with Crippen LogP contribution in [0.5, 0.6) is 0 Å². The molecule has 1 saturated heterocycles. The first kappa shape index (κ1) is 21.5. The molecule has 3 aromatic rings. The Kier molecular flexibility index (Phi) is 5.80. The Morgan fingerprint density at radius 2 is 1.91 bits per heavy atom. The van der Waals surface area contributed by atoms with Crippen LogP contribution >= 0.6 is 0 Å². The van der Waals surface area contributed by atoms with Gasteiger partial charge < -0.3 is 9.80 Å². The second-order valence-corrected chi connectivity index (χ2v) is 8.78. The molecule has 9 heteroatoms. The van der Waals surface area contributed by atoms with Gasteiger partial charge in [-0.25, -0.2) is 14.4 Å². The van der Waals surface area contributed by atoms with Crippen molar-refractivity contribution in [1.29, 1.82) is 0 Å². The van der Waals surface area contributed by atoms with Gasteiger partial charge in [0.15, 0.2) is 5.82 Å². The van der Waals surface area contributed by atoms with Crippen molar-refractivity contribution in [2.45, 2.75) is 26.4 Å². The van der Waals surface area contributed by atoms with E-state index >= 15 is 0 Å². The summed E-state index contributed by atoms with van der Waals surface area (Å²) >= 11 is 0. The van der Waals surface area contributed by atoms with E-state index in [1.807, 2.05) is 30.4 Å². The van der Waals surface area contributed by atoms with Crippen LogP contribution in [-0.2, 0) is 31.4 Å². The molecule has 33 heavy (non-hydrogen) atoms. The Labute approximate surface area is 192 Å². The van der Waals surface area contributed by atoms with Gasteiger partial charge in [-0.1, -0.05) is 12.1 Å². The summed E-state index contributed by atoms with van der Waals surface area (Å²) in [5.41, 5.74) is 4.56. The van der Waals surface area contributed by atoms with Crippen LogP contribution in [-0.4, -0.2) is 68.2 Å². The van der Waals surface area contributed by atoms with Gasteiger partial charge in [-0.15, -0.1) is 0 Å². The lowest BCUT2D eigenvalue weighted by Gasteiger charge is -2.37. The summed E-state index contributed by atoms with van der Waals surface area (Å²) < 4.78 is 15.3. The Morgan fingerprint density at radius 3 is 2.61 bits per heavy atom. The maximum atomic E-state index is 13.5. The molecule has 8 nitrogen and oxygen atoms in total. The van der Waals surface area contributed by atoms with Gasteiger partial charge >= 0.3 is 0 Å². The van der Waals surface area contributed by atoms with E-state index < -0.39 is 0 Å². The molecule has 4 heterocycles. The fraction of sp³-hybridized carbons (Fsp3) is 0.417.